The van der Waals surface area contributed by atoms with Crippen LogP contribution in [0.3, 0.4) is 0 Å². The Balaban J connectivity index is 3.04. The number of carboxylic acid groups (broad SMARTS) is 1. The van der Waals surface area contributed by atoms with Gasteiger partial charge in [-0.05, 0) is 19.4 Å². The second-order valence-corrected chi connectivity index (χ2v) is 3.15. The zero-order valence-electron chi connectivity index (χ0n) is 8.97. The van der Waals surface area contributed by atoms with Gasteiger partial charge in [0.05, 0.1) is 6.20 Å². The molecule has 5 nitrogen and oxygen atoms in total. The van der Waals surface area contributed by atoms with Crippen LogP contribution in [0.1, 0.15) is 30.6 Å². The highest BCUT2D eigenvalue weighted by molar-refractivity contribution is 5.93. The maximum atomic E-state index is 11.0. The Labute approximate surface area is 88.7 Å². The molecule has 5 heteroatoms. The van der Waals surface area contributed by atoms with Crippen LogP contribution >= 0.6 is 0 Å². The molecule has 0 aliphatic rings. The maximum absolute atomic E-state index is 11.0. The van der Waals surface area contributed by atoms with Crippen LogP contribution in [0.2, 0.25) is 0 Å². The van der Waals surface area contributed by atoms with E-state index >= 15 is 0 Å². The first-order valence-electron chi connectivity index (χ1n) is 5.00. The van der Waals surface area contributed by atoms with E-state index in [1.807, 2.05) is 18.7 Å². The topological polar surface area (TPSA) is 66.3 Å². The summed E-state index contributed by atoms with van der Waals surface area (Å²) in [6.45, 7) is 5.53. The molecule has 1 aromatic rings. The molecule has 0 fully saturated rings. The molecule has 0 atom stereocenters. The van der Waals surface area contributed by atoms with E-state index in [0.29, 0.717) is 5.82 Å². The number of hydrogen-bond acceptors (Lipinski definition) is 4. The van der Waals surface area contributed by atoms with Gasteiger partial charge in [0.1, 0.15) is 5.56 Å². The smallest absolute Gasteiger partial charge is 0.339 e. The molecule has 0 aliphatic heterocycles. The Morgan fingerprint density at radius 3 is 2.80 bits per heavy atom. The molecule has 0 spiro atoms. The van der Waals surface area contributed by atoms with Crippen molar-refractivity contribution in [2.24, 2.45) is 0 Å². The second-order valence-electron chi connectivity index (χ2n) is 3.15. The first kappa shape index (κ1) is 11.4. The highest BCUT2D eigenvalue weighted by Gasteiger charge is 2.15. The third kappa shape index (κ3) is 2.65. The lowest BCUT2D eigenvalue weighted by Crippen LogP contribution is -2.27. The van der Waals surface area contributed by atoms with E-state index in [9.17, 15) is 4.79 Å². The van der Waals surface area contributed by atoms with Crippen molar-refractivity contribution in [2.75, 3.05) is 18.0 Å². The molecule has 1 heterocycles. The first-order valence-corrected chi connectivity index (χ1v) is 5.00. The Morgan fingerprint density at radius 2 is 2.27 bits per heavy atom. The predicted molar refractivity (Wildman–Crippen MR) is 57.2 cm³/mol. The van der Waals surface area contributed by atoms with Crippen molar-refractivity contribution in [1.29, 1.82) is 0 Å². The van der Waals surface area contributed by atoms with E-state index in [1.165, 1.54) is 12.3 Å². The van der Waals surface area contributed by atoms with Gasteiger partial charge in [0.2, 0.25) is 0 Å². The van der Waals surface area contributed by atoms with E-state index in [0.717, 1.165) is 19.5 Å². The van der Waals surface area contributed by atoms with E-state index in [-0.39, 0.29) is 5.56 Å². The highest BCUT2D eigenvalue weighted by atomic mass is 16.4. The Bertz CT molecular complexity index is 341. The van der Waals surface area contributed by atoms with Gasteiger partial charge in [-0.3, -0.25) is 0 Å². The first-order chi connectivity index (χ1) is 7.20. The number of carboxylic acids is 1. The highest BCUT2D eigenvalue weighted by Crippen LogP contribution is 2.15. The fraction of sp³-hybridized carbons (Fsp3) is 0.500. The van der Waals surface area contributed by atoms with Gasteiger partial charge in [-0.25, -0.2) is 4.79 Å². The van der Waals surface area contributed by atoms with Gasteiger partial charge in [-0.2, -0.15) is 5.10 Å². The lowest BCUT2D eigenvalue weighted by Gasteiger charge is -2.21. The molecular weight excluding hydrogens is 194 g/mol. The summed E-state index contributed by atoms with van der Waals surface area (Å²) in [4.78, 5) is 12.9. The molecule has 0 aliphatic carbocycles. The minimum absolute atomic E-state index is 0.209. The molecule has 0 bridgehead atoms. The molecule has 1 aromatic heterocycles. The van der Waals surface area contributed by atoms with Crippen LogP contribution in [0, 0.1) is 0 Å². The molecule has 0 saturated carbocycles. The minimum atomic E-state index is -0.963. The molecular formula is C10H15N3O2. The van der Waals surface area contributed by atoms with Crippen molar-refractivity contribution in [3.8, 4) is 0 Å². The summed E-state index contributed by atoms with van der Waals surface area (Å²) < 4.78 is 0. The summed E-state index contributed by atoms with van der Waals surface area (Å²) in [6, 6.07) is 1.48. The standard InChI is InChI=1S/C10H15N3O2/c1-3-7-13(4-2)9-8(10(14)15)5-6-11-12-9/h5-6H,3-4,7H2,1-2H3,(H,14,15). The molecule has 1 N–H and O–H groups in total. The lowest BCUT2D eigenvalue weighted by atomic mass is 10.2. The van der Waals surface area contributed by atoms with Crippen LogP contribution in [0.25, 0.3) is 0 Å². The van der Waals surface area contributed by atoms with Crippen molar-refractivity contribution in [2.45, 2.75) is 20.3 Å². The zero-order chi connectivity index (χ0) is 11.3. The number of aromatic nitrogens is 2. The fourth-order valence-corrected chi connectivity index (χ4v) is 1.41. The zero-order valence-corrected chi connectivity index (χ0v) is 8.97. The number of rotatable bonds is 5. The van der Waals surface area contributed by atoms with Crippen LogP contribution in [0.5, 0.6) is 0 Å². The van der Waals surface area contributed by atoms with Crippen molar-refractivity contribution in [3.63, 3.8) is 0 Å². The van der Waals surface area contributed by atoms with Gasteiger partial charge >= 0.3 is 5.97 Å². The molecule has 0 amide bonds. The van der Waals surface area contributed by atoms with Crippen molar-refractivity contribution in [1.82, 2.24) is 10.2 Å². The van der Waals surface area contributed by atoms with Gasteiger partial charge in [0, 0.05) is 13.1 Å². The number of hydrogen-bond donors (Lipinski definition) is 1. The largest absolute Gasteiger partial charge is 0.478 e. The van der Waals surface area contributed by atoms with Crippen LogP contribution in [-0.4, -0.2) is 34.4 Å². The predicted octanol–water partition coefficient (Wildman–Crippen LogP) is 1.41. The monoisotopic (exact) mass is 209 g/mol. The maximum Gasteiger partial charge on any atom is 0.339 e. The van der Waals surface area contributed by atoms with Gasteiger partial charge in [-0.15, -0.1) is 5.10 Å². The summed E-state index contributed by atoms with van der Waals surface area (Å²) in [7, 11) is 0. The average Bonchev–Trinajstić information content (AvgIpc) is 2.26. The Kier molecular flexibility index (Phi) is 4.03. The minimum Gasteiger partial charge on any atom is -0.478 e. The average molecular weight is 209 g/mol. The number of carbonyl (C=O) groups is 1. The molecule has 82 valence electrons. The van der Waals surface area contributed by atoms with Gasteiger partial charge < -0.3 is 10.0 Å². The van der Waals surface area contributed by atoms with Crippen LogP contribution in [0.15, 0.2) is 12.3 Å². The summed E-state index contributed by atoms with van der Waals surface area (Å²) in [5.74, 6) is -0.510. The van der Waals surface area contributed by atoms with Gasteiger partial charge in [0.25, 0.3) is 0 Å². The molecule has 0 radical (unpaired) electrons. The van der Waals surface area contributed by atoms with Crippen LogP contribution in [-0.2, 0) is 0 Å². The number of anilines is 1. The Hall–Kier alpha value is -1.65. The van der Waals surface area contributed by atoms with Crippen LogP contribution < -0.4 is 4.90 Å². The summed E-state index contributed by atoms with van der Waals surface area (Å²) >= 11 is 0. The van der Waals surface area contributed by atoms with Crippen molar-refractivity contribution >= 4 is 11.8 Å². The van der Waals surface area contributed by atoms with E-state index < -0.39 is 5.97 Å². The van der Waals surface area contributed by atoms with Crippen molar-refractivity contribution < 1.29 is 9.90 Å². The molecule has 1 rings (SSSR count). The van der Waals surface area contributed by atoms with Gasteiger partial charge in [0.15, 0.2) is 5.82 Å². The molecule has 0 unspecified atom stereocenters. The number of aromatic carboxylic acids is 1. The van der Waals surface area contributed by atoms with Gasteiger partial charge in [-0.1, -0.05) is 6.92 Å². The summed E-state index contributed by atoms with van der Waals surface area (Å²) in [5, 5.41) is 16.6. The third-order valence-corrected chi connectivity index (χ3v) is 2.11. The second kappa shape index (κ2) is 5.29. The summed E-state index contributed by atoms with van der Waals surface area (Å²) in [6.07, 6.45) is 2.34. The molecule has 15 heavy (non-hydrogen) atoms. The SMILES string of the molecule is CCCN(CC)c1nnccc1C(=O)O. The quantitative estimate of drug-likeness (QED) is 0.794. The van der Waals surface area contributed by atoms with Crippen molar-refractivity contribution in [3.05, 3.63) is 17.8 Å². The molecule has 0 aromatic carbocycles. The van der Waals surface area contributed by atoms with E-state index in [1.54, 1.807) is 0 Å². The Morgan fingerprint density at radius 1 is 1.53 bits per heavy atom. The summed E-state index contributed by atoms with van der Waals surface area (Å²) in [5.41, 5.74) is 0.209. The lowest BCUT2D eigenvalue weighted by molar-refractivity contribution is 0.0697. The van der Waals surface area contributed by atoms with E-state index in [4.69, 9.17) is 5.11 Å². The molecule has 0 saturated heterocycles. The van der Waals surface area contributed by atoms with E-state index in [2.05, 4.69) is 10.2 Å². The third-order valence-electron chi connectivity index (χ3n) is 2.11. The fourth-order valence-electron chi connectivity index (χ4n) is 1.41. The van der Waals surface area contributed by atoms with Crippen LogP contribution in [0.4, 0.5) is 5.82 Å². The normalized spacial score (nSPS) is 10.0. The number of nitrogens with zero attached hydrogens (tertiary/aromatic N) is 3.